The normalized spacial score (nSPS) is 20.9. The molecule has 0 saturated heterocycles. The minimum Gasteiger partial charge on any atom is -0.469 e. The van der Waals surface area contributed by atoms with E-state index in [9.17, 15) is 9.59 Å². The molecular weight excluding hydrogens is 550 g/mol. The van der Waals surface area contributed by atoms with E-state index in [0.717, 1.165) is 15.7 Å². The summed E-state index contributed by atoms with van der Waals surface area (Å²) in [5.74, 6) is -0.665. The molecule has 0 amide bonds. The van der Waals surface area contributed by atoms with E-state index in [2.05, 4.69) is 42.0 Å². The summed E-state index contributed by atoms with van der Waals surface area (Å²) in [6.07, 6.45) is -1.36. The van der Waals surface area contributed by atoms with Gasteiger partial charge >= 0.3 is 11.9 Å². The molecule has 0 saturated carbocycles. The first-order valence-electron chi connectivity index (χ1n) is 12.3. The van der Waals surface area contributed by atoms with Crippen molar-refractivity contribution in [2.24, 2.45) is 0 Å². The Kier molecular flexibility index (Phi) is 8.13. The number of nitrogens with one attached hydrogen (secondary N) is 1. The van der Waals surface area contributed by atoms with Crippen LogP contribution in [-0.2, 0) is 34.8 Å². The molecule has 1 aliphatic rings. The van der Waals surface area contributed by atoms with E-state index in [1.54, 1.807) is 12.1 Å². The topological polar surface area (TPSA) is 83.1 Å². The van der Waals surface area contributed by atoms with Crippen LogP contribution < -0.4 is 10.1 Å². The smallest absolute Gasteiger partial charge is 0.345 e. The van der Waals surface area contributed by atoms with Crippen molar-refractivity contribution in [2.75, 3.05) is 19.5 Å². The van der Waals surface area contributed by atoms with Crippen LogP contribution in [0, 0.1) is 0 Å². The second-order valence-electron chi connectivity index (χ2n) is 10.1. The van der Waals surface area contributed by atoms with Crippen molar-refractivity contribution in [3.8, 4) is 5.75 Å². The van der Waals surface area contributed by atoms with E-state index >= 15 is 0 Å². The molecule has 1 heterocycles. The molecule has 1 aliphatic heterocycles. The monoisotopic (exact) mass is 581 g/mol. The van der Waals surface area contributed by atoms with Crippen LogP contribution >= 0.6 is 15.9 Å². The average Bonchev–Trinajstić information content (AvgIpc) is 3.04. The van der Waals surface area contributed by atoms with Crippen molar-refractivity contribution in [1.29, 1.82) is 0 Å². The number of hydrogen-bond acceptors (Lipinski definition) is 7. The Hall–Kier alpha value is -3.36. The molecule has 0 aliphatic carbocycles. The van der Waals surface area contributed by atoms with Crippen molar-refractivity contribution in [3.63, 3.8) is 0 Å². The Morgan fingerprint density at radius 3 is 2.26 bits per heavy atom. The van der Waals surface area contributed by atoms with Gasteiger partial charge < -0.3 is 24.3 Å². The van der Waals surface area contributed by atoms with E-state index in [1.165, 1.54) is 14.2 Å². The highest BCUT2D eigenvalue weighted by atomic mass is 79.9. The van der Waals surface area contributed by atoms with Gasteiger partial charge in [-0.05, 0) is 46.9 Å². The fraction of sp³-hybridized carbons (Fsp3) is 0.333. The molecule has 0 bridgehead atoms. The SMILES string of the molecule is COC(=O)C[C@H]1Oc2cc(C(C)(C)C)ccc2[C@@H](Nc2ccc(Br)cc2)[C@@](C(=O)OC)(c2ccccc2)O1. The molecular formula is C30H32BrNO6. The van der Waals surface area contributed by atoms with E-state index in [-0.39, 0.29) is 11.8 Å². The van der Waals surface area contributed by atoms with Gasteiger partial charge in [0.05, 0.1) is 20.3 Å². The highest BCUT2D eigenvalue weighted by molar-refractivity contribution is 9.10. The Labute approximate surface area is 231 Å². The number of carbonyl (C=O) groups is 2. The second-order valence-corrected chi connectivity index (χ2v) is 11.0. The number of esters is 2. The maximum Gasteiger partial charge on any atom is 0.345 e. The molecule has 3 aromatic rings. The van der Waals surface area contributed by atoms with Crippen LogP contribution in [0.2, 0.25) is 0 Å². The van der Waals surface area contributed by atoms with Gasteiger partial charge in [0.1, 0.15) is 12.2 Å². The summed E-state index contributed by atoms with van der Waals surface area (Å²) >= 11 is 3.48. The second kappa shape index (κ2) is 11.2. The van der Waals surface area contributed by atoms with Crippen LogP contribution in [0.4, 0.5) is 5.69 Å². The van der Waals surface area contributed by atoms with E-state index in [1.807, 2.05) is 60.7 Å². The van der Waals surface area contributed by atoms with Gasteiger partial charge in [0, 0.05) is 15.7 Å². The Bertz CT molecular complexity index is 1290. The summed E-state index contributed by atoms with van der Waals surface area (Å²) < 4.78 is 24.1. The number of halogens is 1. The van der Waals surface area contributed by atoms with Gasteiger partial charge in [-0.25, -0.2) is 4.79 Å². The number of carbonyl (C=O) groups excluding carboxylic acids is 2. The van der Waals surface area contributed by atoms with Gasteiger partial charge in [-0.2, -0.15) is 0 Å². The maximum atomic E-state index is 13.9. The quantitative estimate of drug-likeness (QED) is 0.343. The molecule has 0 unspecified atom stereocenters. The van der Waals surface area contributed by atoms with Crippen LogP contribution in [0.5, 0.6) is 5.75 Å². The molecule has 0 radical (unpaired) electrons. The van der Waals surface area contributed by atoms with Gasteiger partial charge in [-0.3, -0.25) is 4.79 Å². The molecule has 0 fully saturated rings. The van der Waals surface area contributed by atoms with Crippen molar-refractivity contribution in [1.82, 2.24) is 0 Å². The number of rotatable bonds is 6. The maximum absolute atomic E-state index is 13.9. The van der Waals surface area contributed by atoms with Crippen molar-refractivity contribution >= 4 is 33.6 Å². The van der Waals surface area contributed by atoms with Gasteiger partial charge in [-0.1, -0.05) is 79.2 Å². The molecule has 3 aromatic carbocycles. The lowest BCUT2D eigenvalue weighted by atomic mass is 9.80. The minimum atomic E-state index is -1.71. The zero-order valence-electron chi connectivity index (χ0n) is 22.1. The molecule has 4 rings (SSSR count). The lowest BCUT2D eigenvalue weighted by molar-refractivity contribution is -0.209. The Morgan fingerprint density at radius 1 is 0.974 bits per heavy atom. The fourth-order valence-electron chi connectivity index (χ4n) is 4.55. The van der Waals surface area contributed by atoms with Crippen LogP contribution in [0.3, 0.4) is 0 Å². The molecule has 38 heavy (non-hydrogen) atoms. The van der Waals surface area contributed by atoms with Crippen LogP contribution in [0.25, 0.3) is 0 Å². The summed E-state index contributed by atoms with van der Waals surface area (Å²) in [7, 11) is 2.62. The number of benzene rings is 3. The van der Waals surface area contributed by atoms with Crippen LogP contribution in [-0.4, -0.2) is 32.4 Å². The molecule has 7 nitrogen and oxygen atoms in total. The van der Waals surface area contributed by atoms with E-state index < -0.39 is 29.9 Å². The Balaban J connectivity index is 2.01. The highest BCUT2D eigenvalue weighted by Crippen LogP contribution is 2.49. The van der Waals surface area contributed by atoms with Gasteiger partial charge in [-0.15, -0.1) is 0 Å². The van der Waals surface area contributed by atoms with Crippen molar-refractivity contribution < 1.29 is 28.5 Å². The molecule has 8 heteroatoms. The number of anilines is 1. The van der Waals surface area contributed by atoms with Gasteiger partial charge in [0.2, 0.25) is 11.9 Å². The van der Waals surface area contributed by atoms with E-state index in [4.69, 9.17) is 18.9 Å². The summed E-state index contributed by atoms with van der Waals surface area (Å²) in [5.41, 5.74) is 1.13. The van der Waals surface area contributed by atoms with Crippen LogP contribution in [0.1, 0.15) is 49.9 Å². The molecule has 0 spiro atoms. The lowest BCUT2D eigenvalue weighted by Crippen LogP contribution is -2.49. The highest BCUT2D eigenvalue weighted by Gasteiger charge is 2.55. The first kappa shape index (κ1) is 27.7. The zero-order valence-corrected chi connectivity index (χ0v) is 23.7. The number of fused-ring (bicyclic) bond motifs is 1. The first-order valence-corrected chi connectivity index (χ1v) is 13.1. The standard InChI is InChI=1S/C30H32BrNO6/c1-29(2,3)20-11-16-23-24(17-20)37-26(18-25(33)35-4)38-30(28(34)36-5,19-9-7-6-8-10-19)27(23)32-22-14-12-21(31)13-15-22/h6-17,26-27,32H,18H2,1-5H3/t26-,27+,30+/m0/s1. The predicted octanol–water partition coefficient (Wildman–Crippen LogP) is 6.27. The van der Waals surface area contributed by atoms with Gasteiger partial charge in [0.15, 0.2) is 0 Å². The van der Waals surface area contributed by atoms with Crippen molar-refractivity contribution in [2.45, 2.75) is 50.5 Å². The molecule has 3 atom stereocenters. The van der Waals surface area contributed by atoms with E-state index in [0.29, 0.717) is 16.9 Å². The van der Waals surface area contributed by atoms with Gasteiger partial charge in [0.25, 0.3) is 0 Å². The molecule has 0 aromatic heterocycles. The molecule has 200 valence electrons. The third-order valence-electron chi connectivity index (χ3n) is 6.58. The number of hydrogen-bond donors (Lipinski definition) is 1. The lowest BCUT2D eigenvalue weighted by Gasteiger charge is -2.39. The zero-order chi connectivity index (χ0) is 27.5. The summed E-state index contributed by atoms with van der Waals surface area (Å²) in [5, 5.41) is 3.51. The third kappa shape index (κ3) is 5.56. The first-order chi connectivity index (χ1) is 18.1. The van der Waals surface area contributed by atoms with Crippen LogP contribution in [0.15, 0.2) is 77.3 Å². The Morgan fingerprint density at radius 2 is 1.66 bits per heavy atom. The third-order valence-corrected chi connectivity index (χ3v) is 7.11. The number of methoxy groups -OCH3 is 2. The summed E-state index contributed by atoms with van der Waals surface area (Å²) in [6, 6.07) is 21.8. The molecule has 1 N–H and O–H groups in total. The summed E-state index contributed by atoms with van der Waals surface area (Å²) in [4.78, 5) is 26.3. The number of ether oxygens (including phenoxy) is 4. The summed E-state index contributed by atoms with van der Waals surface area (Å²) in [6.45, 7) is 6.32. The average molecular weight is 582 g/mol. The fourth-order valence-corrected chi connectivity index (χ4v) is 4.82. The minimum absolute atomic E-state index is 0.170. The van der Waals surface area contributed by atoms with Crippen molar-refractivity contribution in [3.05, 3.63) is 94.0 Å². The largest absolute Gasteiger partial charge is 0.469 e. The predicted molar refractivity (Wildman–Crippen MR) is 148 cm³/mol.